The van der Waals surface area contributed by atoms with Gasteiger partial charge in [0, 0.05) is 28.0 Å². The maximum absolute atomic E-state index is 12.3. The van der Waals surface area contributed by atoms with Crippen LogP contribution in [0.5, 0.6) is 0 Å². The molecule has 2 aromatic heterocycles. The zero-order valence-corrected chi connectivity index (χ0v) is 21.0. The number of rotatable bonds is 7. The molecule has 2 aromatic carbocycles. The molecule has 0 saturated carbocycles. The predicted molar refractivity (Wildman–Crippen MR) is 140 cm³/mol. The number of benzene rings is 2. The Morgan fingerprint density at radius 1 is 1.09 bits per heavy atom. The van der Waals surface area contributed by atoms with Crippen molar-refractivity contribution in [2.24, 2.45) is 0 Å². The summed E-state index contributed by atoms with van der Waals surface area (Å²) >= 11 is 10.4. The molecule has 9 heteroatoms. The third-order valence-electron chi connectivity index (χ3n) is 4.78. The second-order valence-electron chi connectivity index (χ2n) is 7.21. The monoisotopic (exact) mass is 540 g/mol. The molecular weight excluding hydrogens is 520 g/mol. The van der Waals surface area contributed by atoms with Gasteiger partial charge in [-0.25, -0.2) is 4.79 Å². The van der Waals surface area contributed by atoms with Gasteiger partial charge in [-0.05, 0) is 41.5 Å². The molecule has 0 fully saturated rings. The van der Waals surface area contributed by atoms with Gasteiger partial charge in [0.15, 0.2) is 10.9 Å². The van der Waals surface area contributed by atoms with E-state index in [9.17, 15) is 4.79 Å². The second-order valence-corrected chi connectivity index (χ2v) is 9.67. The highest BCUT2D eigenvalue weighted by Gasteiger charge is 2.18. The Labute approximate surface area is 209 Å². The number of esters is 1. The van der Waals surface area contributed by atoms with E-state index in [1.165, 1.54) is 24.0 Å². The van der Waals surface area contributed by atoms with Crippen molar-refractivity contribution >= 4 is 61.4 Å². The molecule has 0 bridgehead atoms. The van der Waals surface area contributed by atoms with Gasteiger partial charge in [0.2, 0.25) is 0 Å². The molecule has 2 N–H and O–H groups in total. The summed E-state index contributed by atoms with van der Waals surface area (Å²) < 4.78 is 7.82. The Balaban J connectivity index is 1.42. The van der Waals surface area contributed by atoms with Crippen LogP contribution in [0.3, 0.4) is 0 Å². The number of nitrogens with zero attached hydrogens (tertiary/aromatic N) is 2. The van der Waals surface area contributed by atoms with Gasteiger partial charge in [-0.3, -0.25) is 4.68 Å². The van der Waals surface area contributed by atoms with Crippen molar-refractivity contribution in [3.8, 4) is 0 Å². The van der Waals surface area contributed by atoms with Crippen molar-refractivity contribution in [3.63, 3.8) is 0 Å². The lowest BCUT2D eigenvalue weighted by Gasteiger charge is -2.08. The first-order chi connectivity index (χ1) is 16.0. The van der Waals surface area contributed by atoms with Crippen LogP contribution in [0.25, 0.3) is 0 Å². The topological polar surface area (TPSA) is 68.2 Å². The number of thiocarbonyl (C=S) groups is 1. The van der Waals surface area contributed by atoms with E-state index in [2.05, 4.69) is 43.8 Å². The SMILES string of the molecule is COC(=O)c1cc(Cc2ccccc2)sc1NC(=S)Nc1ccn(Cc2ccc(Br)cc2)n1. The van der Waals surface area contributed by atoms with Gasteiger partial charge in [0.1, 0.15) is 5.00 Å². The Morgan fingerprint density at radius 2 is 1.85 bits per heavy atom. The molecule has 0 saturated heterocycles. The molecule has 6 nitrogen and oxygen atoms in total. The largest absolute Gasteiger partial charge is 0.465 e. The Kier molecular flexibility index (Phi) is 7.54. The number of nitrogens with one attached hydrogen (secondary N) is 2. The van der Waals surface area contributed by atoms with Gasteiger partial charge in [-0.15, -0.1) is 11.3 Å². The molecule has 0 spiro atoms. The number of anilines is 2. The molecule has 0 aliphatic carbocycles. The summed E-state index contributed by atoms with van der Waals surface area (Å²) in [6.45, 7) is 0.648. The van der Waals surface area contributed by atoms with Gasteiger partial charge in [0.25, 0.3) is 0 Å². The zero-order chi connectivity index (χ0) is 23.2. The number of hydrogen-bond donors (Lipinski definition) is 2. The van der Waals surface area contributed by atoms with Crippen molar-refractivity contribution in [1.29, 1.82) is 0 Å². The molecule has 4 rings (SSSR count). The molecule has 0 atom stereocenters. The number of aromatic nitrogens is 2. The van der Waals surface area contributed by atoms with Crippen LogP contribution in [0, 0.1) is 0 Å². The molecule has 33 heavy (non-hydrogen) atoms. The lowest BCUT2D eigenvalue weighted by atomic mass is 10.1. The van der Waals surface area contributed by atoms with Gasteiger partial charge in [0.05, 0.1) is 19.2 Å². The van der Waals surface area contributed by atoms with Crippen molar-refractivity contribution < 1.29 is 9.53 Å². The number of halogens is 1. The van der Waals surface area contributed by atoms with Crippen molar-refractivity contribution in [2.75, 3.05) is 17.7 Å². The molecule has 0 amide bonds. The summed E-state index contributed by atoms with van der Waals surface area (Å²) in [4.78, 5) is 13.3. The third kappa shape index (κ3) is 6.28. The van der Waals surface area contributed by atoms with Crippen molar-refractivity contribution in [3.05, 3.63) is 99.0 Å². The average molecular weight is 541 g/mol. The van der Waals surface area contributed by atoms with E-state index in [1.54, 1.807) is 0 Å². The number of ether oxygens (including phenoxy) is 1. The zero-order valence-electron chi connectivity index (χ0n) is 17.7. The van der Waals surface area contributed by atoms with E-state index in [-0.39, 0.29) is 0 Å². The van der Waals surface area contributed by atoms with Crippen molar-refractivity contribution in [1.82, 2.24) is 9.78 Å². The molecule has 0 aliphatic rings. The first-order valence-corrected chi connectivity index (χ1v) is 12.1. The summed E-state index contributed by atoms with van der Waals surface area (Å²) in [5.74, 6) is 0.208. The van der Waals surface area contributed by atoms with E-state index in [4.69, 9.17) is 17.0 Å². The molecule has 2 heterocycles. The van der Waals surface area contributed by atoms with Gasteiger partial charge in [-0.2, -0.15) is 5.10 Å². The quantitative estimate of drug-likeness (QED) is 0.223. The fourth-order valence-corrected chi connectivity index (χ4v) is 4.84. The first-order valence-electron chi connectivity index (χ1n) is 10.1. The van der Waals surface area contributed by atoms with Crippen molar-refractivity contribution in [2.45, 2.75) is 13.0 Å². The van der Waals surface area contributed by atoms with Gasteiger partial charge < -0.3 is 15.4 Å². The minimum atomic E-state index is -0.408. The summed E-state index contributed by atoms with van der Waals surface area (Å²) in [5.41, 5.74) is 2.76. The smallest absolute Gasteiger partial charge is 0.340 e. The molecule has 0 aliphatic heterocycles. The van der Waals surface area contributed by atoms with Crippen LogP contribution >= 0.6 is 39.5 Å². The van der Waals surface area contributed by atoms with Gasteiger partial charge in [-0.1, -0.05) is 58.4 Å². The molecule has 0 radical (unpaired) electrons. The number of hydrogen-bond acceptors (Lipinski definition) is 5. The fraction of sp³-hybridized carbons (Fsp3) is 0.125. The third-order valence-corrected chi connectivity index (χ3v) is 6.56. The predicted octanol–water partition coefficient (Wildman–Crippen LogP) is 5.94. The maximum Gasteiger partial charge on any atom is 0.340 e. The lowest BCUT2D eigenvalue weighted by Crippen LogP contribution is -2.20. The fourth-order valence-electron chi connectivity index (χ4n) is 3.22. The summed E-state index contributed by atoms with van der Waals surface area (Å²) in [6.07, 6.45) is 2.60. The summed E-state index contributed by atoms with van der Waals surface area (Å²) in [5, 5.41) is 11.7. The summed E-state index contributed by atoms with van der Waals surface area (Å²) in [7, 11) is 1.37. The van der Waals surface area contributed by atoms with E-state index in [0.717, 1.165) is 21.3 Å². The highest BCUT2D eigenvalue weighted by Crippen LogP contribution is 2.30. The number of thiophene rings is 1. The van der Waals surface area contributed by atoms with Crippen LogP contribution in [0.1, 0.15) is 26.4 Å². The second kappa shape index (κ2) is 10.7. The van der Waals surface area contributed by atoms with E-state index in [1.807, 2.05) is 65.5 Å². The van der Waals surface area contributed by atoms with Crippen LogP contribution in [0.4, 0.5) is 10.8 Å². The van der Waals surface area contributed by atoms with Gasteiger partial charge >= 0.3 is 5.97 Å². The van der Waals surface area contributed by atoms with Crippen LogP contribution in [-0.4, -0.2) is 28.0 Å². The number of carbonyl (C=O) groups excluding carboxylic acids is 1. The molecular formula is C24H21BrN4O2S2. The van der Waals surface area contributed by atoms with E-state index in [0.29, 0.717) is 28.0 Å². The normalized spacial score (nSPS) is 10.6. The maximum atomic E-state index is 12.3. The Bertz CT molecular complexity index is 1250. The Hall–Kier alpha value is -3.01. The molecule has 168 valence electrons. The highest BCUT2D eigenvalue weighted by molar-refractivity contribution is 9.10. The molecule has 0 unspecified atom stereocenters. The van der Waals surface area contributed by atoms with Crippen LogP contribution in [0.2, 0.25) is 0 Å². The first kappa shape index (κ1) is 23.2. The van der Waals surface area contributed by atoms with E-state index < -0.39 is 5.97 Å². The highest BCUT2D eigenvalue weighted by atomic mass is 79.9. The summed E-state index contributed by atoms with van der Waals surface area (Å²) in [6, 6.07) is 21.9. The number of methoxy groups -OCH3 is 1. The van der Waals surface area contributed by atoms with E-state index >= 15 is 0 Å². The minimum Gasteiger partial charge on any atom is -0.465 e. The Morgan fingerprint density at radius 3 is 2.58 bits per heavy atom. The molecule has 4 aromatic rings. The minimum absolute atomic E-state index is 0.349. The van der Waals surface area contributed by atoms with Crippen LogP contribution in [0.15, 0.2) is 77.4 Å². The number of carbonyl (C=O) groups is 1. The standard InChI is InChI=1S/C24H21BrN4O2S2/c1-31-23(30)20-14-19(13-16-5-3-2-4-6-16)33-22(20)27-24(32)26-21-11-12-29(28-21)15-17-7-9-18(25)10-8-17/h2-12,14H,13,15H2,1H3,(H2,26,27,28,32). The lowest BCUT2D eigenvalue weighted by molar-refractivity contribution is 0.0602. The van der Waals surface area contributed by atoms with Crippen LogP contribution < -0.4 is 10.6 Å². The average Bonchev–Trinajstić information content (AvgIpc) is 3.42. The van der Waals surface area contributed by atoms with Crippen LogP contribution in [-0.2, 0) is 17.7 Å².